The summed E-state index contributed by atoms with van der Waals surface area (Å²) in [6.45, 7) is 2.87. The van der Waals surface area contributed by atoms with Crippen molar-refractivity contribution in [1.29, 1.82) is 0 Å². The molecule has 3 aliphatic carbocycles. The van der Waals surface area contributed by atoms with E-state index in [4.69, 9.17) is 0 Å². The Balaban J connectivity index is 1.34. The quantitative estimate of drug-likeness (QED) is 0.632. The Labute approximate surface area is 113 Å². The first-order valence-corrected chi connectivity index (χ1v) is 7.56. The predicted octanol–water partition coefficient (Wildman–Crippen LogP) is -0.421. The van der Waals surface area contributed by atoms with Crippen LogP contribution in [0.25, 0.3) is 0 Å². The molecule has 0 aromatic rings. The molecule has 2 amide bonds. The summed E-state index contributed by atoms with van der Waals surface area (Å²) in [5.41, 5.74) is 0. The highest BCUT2D eigenvalue weighted by Crippen LogP contribution is 2.65. The van der Waals surface area contributed by atoms with Gasteiger partial charge in [-0.05, 0) is 42.9 Å². The highest BCUT2D eigenvalue weighted by atomic mass is 16.2. The van der Waals surface area contributed by atoms with Gasteiger partial charge in [0.05, 0.1) is 0 Å². The molecule has 19 heavy (non-hydrogen) atoms. The van der Waals surface area contributed by atoms with Crippen LogP contribution in [0.15, 0.2) is 0 Å². The number of carbonyl (C=O) groups excluding carboxylic acids is 2. The third-order valence-electron chi connectivity index (χ3n) is 5.63. The van der Waals surface area contributed by atoms with E-state index in [-0.39, 0.29) is 11.8 Å². The monoisotopic (exact) mass is 263 g/mol. The van der Waals surface area contributed by atoms with Crippen LogP contribution in [0, 0.1) is 23.7 Å². The molecule has 4 aliphatic rings. The number of rotatable bonds is 1. The molecule has 3 saturated carbocycles. The van der Waals surface area contributed by atoms with Crippen LogP contribution in [-0.2, 0) is 9.59 Å². The van der Waals surface area contributed by atoms with Crippen LogP contribution in [0.2, 0.25) is 0 Å². The summed E-state index contributed by atoms with van der Waals surface area (Å²) < 4.78 is 0. The van der Waals surface area contributed by atoms with Gasteiger partial charge < -0.3 is 15.5 Å². The van der Waals surface area contributed by atoms with Gasteiger partial charge in [-0.1, -0.05) is 0 Å². The normalized spacial score (nSPS) is 42.9. The van der Waals surface area contributed by atoms with Gasteiger partial charge >= 0.3 is 11.8 Å². The fraction of sp³-hybridized carbons (Fsp3) is 0.857. The van der Waals surface area contributed by atoms with Gasteiger partial charge in [-0.3, -0.25) is 9.59 Å². The minimum Gasteiger partial charge on any atom is -0.344 e. The molecular formula is C14H21N3O2. The van der Waals surface area contributed by atoms with Crippen molar-refractivity contribution >= 4 is 11.8 Å². The molecule has 2 N–H and O–H groups in total. The Morgan fingerprint density at radius 1 is 1.05 bits per heavy atom. The Hall–Kier alpha value is -1.10. The van der Waals surface area contributed by atoms with Crippen LogP contribution >= 0.6 is 0 Å². The van der Waals surface area contributed by atoms with E-state index in [1.807, 2.05) is 0 Å². The largest absolute Gasteiger partial charge is 0.344 e. The molecule has 5 nitrogen and oxygen atoms in total. The van der Waals surface area contributed by atoms with Crippen molar-refractivity contribution in [2.24, 2.45) is 23.7 Å². The molecule has 1 aliphatic heterocycles. The molecule has 4 unspecified atom stereocenters. The van der Waals surface area contributed by atoms with Gasteiger partial charge in [0.1, 0.15) is 0 Å². The molecule has 4 rings (SSSR count). The van der Waals surface area contributed by atoms with Crippen molar-refractivity contribution in [3.05, 3.63) is 0 Å². The van der Waals surface area contributed by atoms with E-state index in [2.05, 4.69) is 10.6 Å². The topological polar surface area (TPSA) is 61.4 Å². The van der Waals surface area contributed by atoms with Gasteiger partial charge in [0.15, 0.2) is 0 Å². The van der Waals surface area contributed by atoms with Gasteiger partial charge in [0, 0.05) is 32.2 Å². The molecule has 0 aromatic carbocycles. The summed E-state index contributed by atoms with van der Waals surface area (Å²) >= 11 is 0. The zero-order valence-electron chi connectivity index (χ0n) is 11.1. The maximum atomic E-state index is 12.0. The number of carbonyl (C=O) groups is 2. The van der Waals surface area contributed by atoms with Gasteiger partial charge in [-0.15, -0.1) is 0 Å². The van der Waals surface area contributed by atoms with Crippen LogP contribution < -0.4 is 10.6 Å². The number of nitrogens with zero attached hydrogens (tertiary/aromatic N) is 1. The van der Waals surface area contributed by atoms with E-state index in [0.29, 0.717) is 31.0 Å². The Bertz CT molecular complexity index is 403. The summed E-state index contributed by atoms with van der Waals surface area (Å²) in [5.74, 6) is 2.33. The van der Waals surface area contributed by atoms with Crippen molar-refractivity contribution < 1.29 is 9.59 Å². The Morgan fingerprint density at radius 3 is 2.32 bits per heavy atom. The lowest BCUT2D eigenvalue weighted by molar-refractivity contribution is -0.146. The first-order chi connectivity index (χ1) is 9.25. The molecule has 0 spiro atoms. The molecule has 0 radical (unpaired) electrons. The minimum absolute atomic E-state index is 0.311. The number of piperazine rings is 1. The summed E-state index contributed by atoms with van der Waals surface area (Å²) in [7, 11) is 0. The molecule has 1 heterocycles. The number of amides is 2. The molecule has 0 aromatic heterocycles. The van der Waals surface area contributed by atoms with Crippen molar-refractivity contribution in [3.8, 4) is 0 Å². The zero-order valence-corrected chi connectivity index (χ0v) is 11.1. The maximum absolute atomic E-state index is 12.0. The van der Waals surface area contributed by atoms with Crippen molar-refractivity contribution in [1.82, 2.24) is 15.5 Å². The number of hydrogen-bond donors (Lipinski definition) is 2. The zero-order chi connectivity index (χ0) is 13.0. The van der Waals surface area contributed by atoms with E-state index >= 15 is 0 Å². The second-order valence-corrected chi connectivity index (χ2v) is 6.53. The highest BCUT2D eigenvalue weighted by Gasteiger charge is 2.65. The van der Waals surface area contributed by atoms with Gasteiger partial charge in [-0.2, -0.15) is 0 Å². The van der Waals surface area contributed by atoms with Crippen LogP contribution in [0.1, 0.15) is 19.3 Å². The summed E-state index contributed by atoms with van der Waals surface area (Å²) in [6, 6.07) is 0.311. The van der Waals surface area contributed by atoms with E-state index < -0.39 is 0 Å². The van der Waals surface area contributed by atoms with Crippen molar-refractivity contribution in [3.63, 3.8) is 0 Å². The van der Waals surface area contributed by atoms with Crippen LogP contribution in [0.5, 0.6) is 0 Å². The molecule has 104 valence electrons. The van der Waals surface area contributed by atoms with E-state index in [1.165, 1.54) is 19.3 Å². The van der Waals surface area contributed by atoms with Crippen LogP contribution in [0.3, 0.4) is 0 Å². The lowest BCUT2D eigenvalue weighted by Gasteiger charge is -2.26. The number of nitrogens with one attached hydrogen (secondary N) is 2. The fourth-order valence-electron chi connectivity index (χ4n) is 4.74. The van der Waals surface area contributed by atoms with Gasteiger partial charge in [-0.25, -0.2) is 0 Å². The maximum Gasteiger partial charge on any atom is 0.311 e. The third kappa shape index (κ3) is 1.78. The summed E-state index contributed by atoms with van der Waals surface area (Å²) in [5, 5.41) is 6.19. The van der Waals surface area contributed by atoms with E-state index in [0.717, 1.165) is 24.9 Å². The fourth-order valence-corrected chi connectivity index (χ4v) is 4.74. The standard InChI is InChI=1S/C14H21N3O2/c18-13(14(19)17-5-3-15-4-6-17)16-12-10-8-1-2-9(7-8)11(10)12/h8-12,15H,1-7H2,(H,16,18). The Kier molecular flexibility index (Phi) is 2.59. The average Bonchev–Trinajstić information content (AvgIpc) is 2.85. The second kappa shape index (κ2) is 4.20. The number of hydrogen-bond acceptors (Lipinski definition) is 3. The molecule has 4 atom stereocenters. The average molecular weight is 263 g/mol. The van der Waals surface area contributed by atoms with Crippen LogP contribution in [0.4, 0.5) is 0 Å². The first-order valence-electron chi connectivity index (χ1n) is 7.56. The SMILES string of the molecule is O=C(NC1C2C3CCC(C3)C12)C(=O)N1CCNCC1. The molecular weight excluding hydrogens is 242 g/mol. The minimum atomic E-state index is -0.374. The highest BCUT2D eigenvalue weighted by molar-refractivity contribution is 6.35. The first kappa shape index (κ1) is 11.7. The van der Waals surface area contributed by atoms with Crippen molar-refractivity contribution in [2.75, 3.05) is 26.2 Å². The lowest BCUT2D eigenvalue weighted by atomic mass is 10.0. The molecule has 4 fully saturated rings. The molecule has 2 bridgehead atoms. The van der Waals surface area contributed by atoms with Crippen LogP contribution in [-0.4, -0.2) is 48.9 Å². The van der Waals surface area contributed by atoms with Gasteiger partial charge in [0.25, 0.3) is 0 Å². The number of fused-ring (bicyclic) bond motifs is 5. The third-order valence-corrected chi connectivity index (χ3v) is 5.63. The smallest absolute Gasteiger partial charge is 0.311 e. The summed E-state index contributed by atoms with van der Waals surface area (Å²) in [6.07, 6.45) is 4.04. The Morgan fingerprint density at radius 2 is 1.68 bits per heavy atom. The predicted molar refractivity (Wildman–Crippen MR) is 69.2 cm³/mol. The van der Waals surface area contributed by atoms with E-state index in [1.54, 1.807) is 4.90 Å². The second-order valence-electron chi connectivity index (χ2n) is 6.53. The van der Waals surface area contributed by atoms with Crippen molar-refractivity contribution in [2.45, 2.75) is 25.3 Å². The molecule has 5 heteroatoms. The van der Waals surface area contributed by atoms with Gasteiger partial charge in [0.2, 0.25) is 0 Å². The lowest BCUT2D eigenvalue weighted by Crippen LogP contribution is -2.51. The molecule has 1 saturated heterocycles. The van der Waals surface area contributed by atoms with E-state index in [9.17, 15) is 9.59 Å². The summed E-state index contributed by atoms with van der Waals surface area (Å²) in [4.78, 5) is 25.7.